The molecule has 2 amide bonds. The minimum absolute atomic E-state index is 0.132. The van der Waals surface area contributed by atoms with E-state index < -0.39 is 12.0 Å². The van der Waals surface area contributed by atoms with Gasteiger partial charge in [-0.2, -0.15) is 0 Å². The first-order valence-corrected chi connectivity index (χ1v) is 6.90. The second-order valence-corrected chi connectivity index (χ2v) is 5.01. The number of carbonyl (C=O) groups is 3. The summed E-state index contributed by atoms with van der Waals surface area (Å²) < 4.78 is 0. The van der Waals surface area contributed by atoms with E-state index in [-0.39, 0.29) is 17.4 Å². The number of benzene rings is 1. The number of carboxylic acid groups (broad SMARTS) is 1. The minimum atomic E-state index is -1.03. The molecule has 0 saturated carbocycles. The average Bonchev–Trinajstić information content (AvgIpc) is 2.53. The zero-order valence-corrected chi connectivity index (χ0v) is 11.8. The number of amides is 2. The van der Waals surface area contributed by atoms with Gasteiger partial charge in [-0.3, -0.25) is 9.59 Å². The number of likely N-dealkylation sites (tertiary alicyclic amines) is 1. The molecule has 1 aromatic rings. The van der Waals surface area contributed by atoms with E-state index in [1.54, 1.807) is 11.9 Å². The number of likely N-dealkylation sites (N-methyl/N-ethyl adjacent to an activating group) is 1. The Kier molecular flexibility index (Phi) is 4.57. The van der Waals surface area contributed by atoms with Crippen molar-refractivity contribution in [1.29, 1.82) is 0 Å². The Bertz CT molecular complexity index is 553. The third-order valence-corrected chi connectivity index (χ3v) is 3.69. The Labute approximate surface area is 122 Å². The van der Waals surface area contributed by atoms with Crippen LogP contribution in [0.2, 0.25) is 0 Å². The van der Waals surface area contributed by atoms with Gasteiger partial charge in [-0.25, -0.2) is 4.79 Å². The number of hydrogen-bond acceptors (Lipinski definition) is 3. The molecule has 1 heterocycles. The summed E-state index contributed by atoms with van der Waals surface area (Å²) in [5.74, 6) is -1.43. The predicted molar refractivity (Wildman–Crippen MR) is 76.1 cm³/mol. The van der Waals surface area contributed by atoms with Gasteiger partial charge < -0.3 is 15.3 Å². The molecule has 0 radical (unpaired) electrons. The lowest BCUT2D eigenvalue weighted by atomic mass is 10.00. The van der Waals surface area contributed by atoms with Crippen LogP contribution in [-0.2, 0) is 4.79 Å². The van der Waals surface area contributed by atoms with E-state index in [0.29, 0.717) is 18.5 Å². The summed E-state index contributed by atoms with van der Waals surface area (Å²) in [4.78, 5) is 36.8. The average molecular weight is 290 g/mol. The van der Waals surface area contributed by atoms with Gasteiger partial charge in [-0.05, 0) is 43.5 Å². The fourth-order valence-electron chi connectivity index (χ4n) is 2.54. The zero-order valence-electron chi connectivity index (χ0n) is 11.8. The summed E-state index contributed by atoms with van der Waals surface area (Å²) in [6.45, 7) is 0.539. The third-order valence-electron chi connectivity index (χ3n) is 3.69. The lowest BCUT2D eigenvalue weighted by molar-refractivity contribution is -0.126. The number of hydrogen-bond donors (Lipinski definition) is 2. The molecular formula is C15H18N2O4. The quantitative estimate of drug-likeness (QED) is 0.873. The van der Waals surface area contributed by atoms with Crippen molar-refractivity contribution in [2.24, 2.45) is 0 Å². The number of carbonyl (C=O) groups excluding carboxylic acids is 2. The second-order valence-electron chi connectivity index (χ2n) is 5.01. The molecule has 2 N–H and O–H groups in total. The van der Waals surface area contributed by atoms with Crippen LogP contribution in [0.4, 0.5) is 0 Å². The van der Waals surface area contributed by atoms with Gasteiger partial charge in [-0.1, -0.05) is 0 Å². The third kappa shape index (κ3) is 3.21. The van der Waals surface area contributed by atoms with E-state index in [4.69, 9.17) is 5.11 Å². The molecule has 112 valence electrons. The van der Waals surface area contributed by atoms with Crippen molar-refractivity contribution in [2.45, 2.75) is 25.3 Å². The lowest BCUT2D eigenvalue weighted by Gasteiger charge is -2.34. The molecule has 1 aliphatic heterocycles. The molecule has 0 unspecified atom stereocenters. The van der Waals surface area contributed by atoms with Crippen LogP contribution in [0, 0.1) is 0 Å². The Balaban J connectivity index is 2.20. The second kappa shape index (κ2) is 6.39. The van der Waals surface area contributed by atoms with Gasteiger partial charge in [-0.15, -0.1) is 0 Å². The van der Waals surface area contributed by atoms with E-state index in [0.717, 1.165) is 12.8 Å². The molecule has 6 heteroatoms. The van der Waals surface area contributed by atoms with Gasteiger partial charge in [0.05, 0.1) is 5.56 Å². The van der Waals surface area contributed by atoms with E-state index in [2.05, 4.69) is 5.32 Å². The maximum atomic E-state index is 12.5. The topological polar surface area (TPSA) is 86.7 Å². The van der Waals surface area contributed by atoms with Gasteiger partial charge in [0.25, 0.3) is 5.91 Å². The summed E-state index contributed by atoms with van der Waals surface area (Å²) in [5, 5.41) is 11.4. The maximum absolute atomic E-state index is 12.5. The van der Waals surface area contributed by atoms with Crippen molar-refractivity contribution >= 4 is 17.8 Å². The first-order valence-electron chi connectivity index (χ1n) is 6.90. The molecule has 1 aliphatic rings. The first kappa shape index (κ1) is 15.0. The fraction of sp³-hybridized carbons (Fsp3) is 0.400. The molecule has 0 aliphatic carbocycles. The van der Waals surface area contributed by atoms with Crippen LogP contribution in [0.5, 0.6) is 0 Å². The van der Waals surface area contributed by atoms with Crippen LogP contribution in [-0.4, -0.2) is 47.4 Å². The van der Waals surface area contributed by atoms with Crippen LogP contribution in [0.25, 0.3) is 0 Å². The van der Waals surface area contributed by atoms with Gasteiger partial charge in [0.15, 0.2) is 0 Å². The standard InChI is InChI=1S/C15H18N2O4/c1-16-13(18)12-4-2-3-9-17(12)14(19)10-5-7-11(8-6-10)15(20)21/h5-8,12H,2-4,9H2,1H3,(H,16,18)(H,20,21)/t12-/m0/s1. The smallest absolute Gasteiger partial charge is 0.335 e. The van der Waals surface area contributed by atoms with Crippen LogP contribution in [0.1, 0.15) is 40.0 Å². The summed E-state index contributed by atoms with van der Waals surface area (Å²) in [7, 11) is 1.56. The van der Waals surface area contributed by atoms with Gasteiger partial charge >= 0.3 is 5.97 Å². The minimum Gasteiger partial charge on any atom is -0.478 e. The molecular weight excluding hydrogens is 272 g/mol. The SMILES string of the molecule is CNC(=O)[C@@H]1CCCCN1C(=O)c1ccc(C(=O)O)cc1. The molecule has 21 heavy (non-hydrogen) atoms. The summed E-state index contributed by atoms with van der Waals surface area (Å²) in [6, 6.07) is 5.32. The monoisotopic (exact) mass is 290 g/mol. The van der Waals surface area contributed by atoms with Crippen molar-refractivity contribution in [3.63, 3.8) is 0 Å². The van der Waals surface area contributed by atoms with Crippen molar-refractivity contribution in [3.05, 3.63) is 35.4 Å². The number of aromatic carboxylic acids is 1. The molecule has 1 atom stereocenters. The zero-order chi connectivity index (χ0) is 15.4. The Morgan fingerprint density at radius 2 is 1.76 bits per heavy atom. The Morgan fingerprint density at radius 1 is 1.14 bits per heavy atom. The molecule has 0 bridgehead atoms. The van der Waals surface area contributed by atoms with Crippen molar-refractivity contribution in [1.82, 2.24) is 10.2 Å². The highest BCUT2D eigenvalue weighted by Gasteiger charge is 2.31. The van der Waals surface area contributed by atoms with Crippen molar-refractivity contribution in [3.8, 4) is 0 Å². The number of nitrogens with zero attached hydrogens (tertiary/aromatic N) is 1. The Hall–Kier alpha value is -2.37. The fourth-order valence-corrected chi connectivity index (χ4v) is 2.54. The van der Waals surface area contributed by atoms with Crippen LogP contribution < -0.4 is 5.32 Å². The number of carboxylic acids is 1. The highest BCUT2D eigenvalue weighted by Crippen LogP contribution is 2.20. The van der Waals surface area contributed by atoms with E-state index in [1.807, 2.05) is 0 Å². The van der Waals surface area contributed by atoms with Crippen molar-refractivity contribution < 1.29 is 19.5 Å². The highest BCUT2D eigenvalue weighted by molar-refractivity contribution is 5.98. The van der Waals surface area contributed by atoms with Crippen LogP contribution in [0.15, 0.2) is 24.3 Å². The molecule has 0 aromatic heterocycles. The van der Waals surface area contributed by atoms with E-state index >= 15 is 0 Å². The Morgan fingerprint density at radius 3 is 2.33 bits per heavy atom. The van der Waals surface area contributed by atoms with Gasteiger partial charge in [0, 0.05) is 19.2 Å². The highest BCUT2D eigenvalue weighted by atomic mass is 16.4. The number of piperidine rings is 1. The number of rotatable bonds is 3. The van der Waals surface area contributed by atoms with Crippen molar-refractivity contribution in [2.75, 3.05) is 13.6 Å². The first-order chi connectivity index (χ1) is 10.0. The van der Waals surface area contributed by atoms with Crippen LogP contribution >= 0.6 is 0 Å². The molecule has 1 fully saturated rings. The normalized spacial score (nSPS) is 18.1. The summed E-state index contributed by atoms with van der Waals surface area (Å²) >= 11 is 0. The van der Waals surface area contributed by atoms with Crippen LogP contribution in [0.3, 0.4) is 0 Å². The summed E-state index contributed by atoms with van der Waals surface area (Å²) in [5.41, 5.74) is 0.531. The molecule has 6 nitrogen and oxygen atoms in total. The molecule has 2 rings (SSSR count). The molecule has 0 spiro atoms. The molecule has 1 saturated heterocycles. The van der Waals surface area contributed by atoms with E-state index in [9.17, 15) is 14.4 Å². The van der Waals surface area contributed by atoms with E-state index in [1.165, 1.54) is 24.3 Å². The lowest BCUT2D eigenvalue weighted by Crippen LogP contribution is -2.51. The number of nitrogens with one attached hydrogen (secondary N) is 1. The largest absolute Gasteiger partial charge is 0.478 e. The van der Waals surface area contributed by atoms with Gasteiger partial charge in [0.1, 0.15) is 6.04 Å². The maximum Gasteiger partial charge on any atom is 0.335 e. The predicted octanol–water partition coefficient (Wildman–Crippen LogP) is 1.13. The molecule has 1 aromatic carbocycles. The van der Waals surface area contributed by atoms with Gasteiger partial charge in [0.2, 0.25) is 5.91 Å². The summed E-state index contributed by atoms with van der Waals surface area (Å²) in [6.07, 6.45) is 2.44.